The maximum absolute atomic E-state index is 11.1. The van der Waals surface area contributed by atoms with Crippen LogP contribution in [-0.4, -0.2) is 33.1 Å². The van der Waals surface area contributed by atoms with Crippen LogP contribution in [0.2, 0.25) is 0 Å². The molecule has 0 aliphatic rings. The molecular formula is C18H20N4O3. The number of nitrogens with two attached hydrogens (primary N) is 1. The maximum atomic E-state index is 11.1. The third-order valence-corrected chi connectivity index (χ3v) is 3.22. The number of aliphatic imine (C=N–C) groups is 1. The fourth-order valence-corrected chi connectivity index (χ4v) is 2.17. The van der Waals surface area contributed by atoms with E-state index in [1.807, 2.05) is 19.9 Å². The third kappa shape index (κ3) is 4.63. The molecule has 0 aromatic carbocycles. The summed E-state index contributed by atoms with van der Waals surface area (Å²) in [6.45, 7) is 4.04. The summed E-state index contributed by atoms with van der Waals surface area (Å²) in [6, 6.07) is 3.70. The summed E-state index contributed by atoms with van der Waals surface area (Å²) in [7, 11) is 0. The van der Waals surface area contributed by atoms with Crippen molar-refractivity contribution in [3.05, 3.63) is 59.8 Å². The SMILES string of the molecule is CC(C)N=C(/C=C\N)c1ncccc1COc1cncc(O)c1C=O. The fourth-order valence-electron chi connectivity index (χ4n) is 2.17. The second-order valence-electron chi connectivity index (χ2n) is 5.46. The topological polar surface area (TPSA) is 111 Å². The largest absolute Gasteiger partial charge is 0.505 e. The number of hydrogen-bond acceptors (Lipinski definition) is 7. The van der Waals surface area contributed by atoms with Crippen molar-refractivity contribution in [1.29, 1.82) is 0 Å². The highest BCUT2D eigenvalue weighted by Crippen LogP contribution is 2.25. The van der Waals surface area contributed by atoms with E-state index in [-0.39, 0.29) is 29.7 Å². The summed E-state index contributed by atoms with van der Waals surface area (Å²) < 4.78 is 5.66. The number of carbonyl (C=O) groups excluding carboxylic acids is 1. The highest BCUT2D eigenvalue weighted by atomic mass is 16.5. The molecule has 2 aromatic heterocycles. The van der Waals surface area contributed by atoms with E-state index in [2.05, 4.69) is 15.0 Å². The first-order chi connectivity index (χ1) is 12.1. The Morgan fingerprint density at radius 2 is 2.24 bits per heavy atom. The summed E-state index contributed by atoms with van der Waals surface area (Å²) in [4.78, 5) is 23.8. The zero-order valence-corrected chi connectivity index (χ0v) is 14.1. The molecule has 3 N–H and O–H groups in total. The zero-order chi connectivity index (χ0) is 18.2. The van der Waals surface area contributed by atoms with Crippen molar-refractivity contribution in [2.75, 3.05) is 0 Å². The average Bonchev–Trinajstić information content (AvgIpc) is 2.59. The number of hydrogen-bond donors (Lipinski definition) is 2. The Morgan fingerprint density at radius 1 is 1.44 bits per heavy atom. The molecule has 0 saturated carbocycles. The Morgan fingerprint density at radius 3 is 2.92 bits per heavy atom. The molecule has 2 rings (SSSR count). The second-order valence-corrected chi connectivity index (χ2v) is 5.46. The summed E-state index contributed by atoms with van der Waals surface area (Å²) in [6.07, 6.45) is 7.84. The Bertz CT molecular complexity index is 801. The molecule has 130 valence electrons. The number of aromatic nitrogens is 2. The van der Waals surface area contributed by atoms with Crippen LogP contribution in [0, 0.1) is 0 Å². The van der Waals surface area contributed by atoms with Gasteiger partial charge in [0, 0.05) is 17.8 Å². The van der Waals surface area contributed by atoms with Crippen LogP contribution in [0.3, 0.4) is 0 Å². The first-order valence-corrected chi connectivity index (χ1v) is 7.72. The van der Waals surface area contributed by atoms with Crippen LogP contribution in [-0.2, 0) is 6.61 Å². The first kappa shape index (κ1) is 18.1. The Labute approximate surface area is 145 Å². The predicted molar refractivity (Wildman–Crippen MR) is 94.9 cm³/mol. The molecular weight excluding hydrogens is 320 g/mol. The van der Waals surface area contributed by atoms with Crippen LogP contribution in [0.25, 0.3) is 0 Å². The standard InChI is InChI=1S/C18H20N4O3/c1-12(2)22-15(5-6-19)18-13(4-3-7-21-18)11-25-17-9-20-8-16(24)14(17)10-23/h3-10,12,24H,11,19H2,1-2H3/b6-5-,22-15?. The minimum absolute atomic E-state index is 0.0540. The van der Waals surface area contributed by atoms with Crippen molar-refractivity contribution in [3.8, 4) is 11.5 Å². The molecule has 0 radical (unpaired) electrons. The van der Waals surface area contributed by atoms with Gasteiger partial charge < -0.3 is 15.6 Å². The Balaban J connectivity index is 2.33. The van der Waals surface area contributed by atoms with E-state index >= 15 is 0 Å². The van der Waals surface area contributed by atoms with Gasteiger partial charge >= 0.3 is 0 Å². The van der Waals surface area contributed by atoms with Gasteiger partial charge in [0.1, 0.15) is 17.9 Å². The summed E-state index contributed by atoms with van der Waals surface area (Å²) in [5.74, 6) is -0.0337. The number of carbonyl (C=O) groups is 1. The number of aromatic hydroxyl groups is 1. The van der Waals surface area contributed by atoms with Gasteiger partial charge in [-0.2, -0.15) is 0 Å². The van der Waals surface area contributed by atoms with Crippen molar-refractivity contribution in [2.45, 2.75) is 26.5 Å². The van der Waals surface area contributed by atoms with E-state index < -0.39 is 0 Å². The highest BCUT2D eigenvalue weighted by Gasteiger charge is 2.13. The molecule has 0 unspecified atom stereocenters. The molecule has 2 heterocycles. The quantitative estimate of drug-likeness (QED) is 0.591. The van der Waals surface area contributed by atoms with Gasteiger partial charge in [-0.3, -0.25) is 19.8 Å². The summed E-state index contributed by atoms with van der Waals surface area (Å²) in [5.41, 5.74) is 7.61. The van der Waals surface area contributed by atoms with E-state index in [9.17, 15) is 9.90 Å². The number of aldehydes is 1. The maximum Gasteiger partial charge on any atom is 0.157 e. The predicted octanol–water partition coefficient (Wildman–Crippen LogP) is 2.24. The molecule has 0 amide bonds. The Hall–Kier alpha value is -3.22. The van der Waals surface area contributed by atoms with Crippen molar-refractivity contribution in [3.63, 3.8) is 0 Å². The van der Waals surface area contributed by atoms with Gasteiger partial charge in [0.25, 0.3) is 0 Å². The zero-order valence-electron chi connectivity index (χ0n) is 14.1. The normalized spacial score (nSPS) is 11.9. The molecule has 0 atom stereocenters. The number of pyridine rings is 2. The second kappa shape index (κ2) is 8.58. The monoisotopic (exact) mass is 340 g/mol. The number of ether oxygens (including phenoxy) is 1. The third-order valence-electron chi connectivity index (χ3n) is 3.22. The minimum Gasteiger partial charge on any atom is -0.505 e. The molecule has 0 aliphatic heterocycles. The van der Waals surface area contributed by atoms with Crippen molar-refractivity contribution in [2.24, 2.45) is 10.7 Å². The molecule has 0 saturated heterocycles. The summed E-state index contributed by atoms with van der Waals surface area (Å²) in [5, 5.41) is 9.67. The van der Waals surface area contributed by atoms with Gasteiger partial charge in [0.2, 0.25) is 0 Å². The van der Waals surface area contributed by atoms with Crippen molar-refractivity contribution >= 4 is 12.0 Å². The minimum atomic E-state index is -0.230. The molecule has 7 heteroatoms. The van der Waals surface area contributed by atoms with E-state index in [0.29, 0.717) is 17.7 Å². The van der Waals surface area contributed by atoms with Crippen molar-refractivity contribution < 1.29 is 14.6 Å². The number of nitrogens with zero attached hydrogens (tertiary/aromatic N) is 3. The van der Waals surface area contributed by atoms with Crippen LogP contribution < -0.4 is 10.5 Å². The molecule has 0 spiro atoms. The van der Waals surface area contributed by atoms with Crippen LogP contribution in [0.5, 0.6) is 11.5 Å². The van der Waals surface area contributed by atoms with Crippen LogP contribution in [0.4, 0.5) is 0 Å². The van der Waals surface area contributed by atoms with Gasteiger partial charge in [-0.25, -0.2) is 0 Å². The fraction of sp³-hybridized carbons (Fsp3) is 0.222. The molecule has 0 aliphatic carbocycles. The highest BCUT2D eigenvalue weighted by molar-refractivity contribution is 6.08. The lowest BCUT2D eigenvalue weighted by molar-refractivity contribution is 0.111. The average molecular weight is 340 g/mol. The Kier molecular flexibility index (Phi) is 6.22. The van der Waals surface area contributed by atoms with Crippen LogP contribution >= 0.6 is 0 Å². The van der Waals surface area contributed by atoms with Crippen LogP contribution in [0.1, 0.15) is 35.5 Å². The number of rotatable bonds is 7. The lowest BCUT2D eigenvalue weighted by Crippen LogP contribution is -2.11. The van der Waals surface area contributed by atoms with Crippen LogP contribution in [0.15, 0.2) is 48.0 Å². The summed E-state index contributed by atoms with van der Waals surface area (Å²) >= 11 is 0. The van der Waals surface area contributed by atoms with Gasteiger partial charge in [0.05, 0.1) is 23.8 Å². The van der Waals surface area contributed by atoms with E-state index in [1.54, 1.807) is 18.3 Å². The van der Waals surface area contributed by atoms with Gasteiger partial charge in [-0.1, -0.05) is 6.07 Å². The molecule has 0 bridgehead atoms. The van der Waals surface area contributed by atoms with E-state index in [4.69, 9.17) is 10.5 Å². The molecule has 25 heavy (non-hydrogen) atoms. The molecule has 7 nitrogen and oxygen atoms in total. The number of allylic oxidation sites excluding steroid dienone is 1. The lowest BCUT2D eigenvalue weighted by Gasteiger charge is -2.12. The first-order valence-electron chi connectivity index (χ1n) is 7.72. The molecule has 0 fully saturated rings. The van der Waals surface area contributed by atoms with Gasteiger partial charge in [0.15, 0.2) is 12.0 Å². The molecule has 2 aromatic rings. The van der Waals surface area contributed by atoms with Gasteiger partial charge in [-0.05, 0) is 32.2 Å². The van der Waals surface area contributed by atoms with Gasteiger partial charge in [-0.15, -0.1) is 0 Å². The smallest absolute Gasteiger partial charge is 0.157 e. The van der Waals surface area contributed by atoms with E-state index in [1.165, 1.54) is 18.6 Å². The van der Waals surface area contributed by atoms with E-state index in [0.717, 1.165) is 5.56 Å². The van der Waals surface area contributed by atoms with Crippen molar-refractivity contribution in [1.82, 2.24) is 9.97 Å². The lowest BCUT2D eigenvalue weighted by atomic mass is 10.1.